The molecule has 0 saturated heterocycles. The molecule has 4 heteroatoms. The minimum absolute atomic E-state index is 0.549. The Morgan fingerprint density at radius 2 is 1.88 bits per heavy atom. The monoisotopic (exact) mass is 272 g/mol. The van der Waals surface area contributed by atoms with Gasteiger partial charge in [0, 0.05) is 21.3 Å². The average molecular weight is 273 g/mol. The van der Waals surface area contributed by atoms with Crippen LogP contribution in [0.15, 0.2) is 35.7 Å². The number of aliphatic hydroxyl groups is 1. The van der Waals surface area contributed by atoms with Crippen molar-refractivity contribution in [1.82, 2.24) is 0 Å². The van der Waals surface area contributed by atoms with Gasteiger partial charge in [0.25, 0.3) is 0 Å². The van der Waals surface area contributed by atoms with Crippen molar-refractivity contribution < 1.29 is 5.11 Å². The van der Waals surface area contributed by atoms with Crippen molar-refractivity contribution in [2.45, 2.75) is 12.5 Å². The third kappa shape index (κ3) is 2.98. The first-order valence-corrected chi connectivity index (χ1v) is 6.45. The molecule has 84 valence electrons. The van der Waals surface area contributed by atoms with E-state index in [0.29, 0.717) is 16.5 Å². The van der Waals surface area contributed by atoms with Crippen molar-refractivity contribution in [1.29, 1.82) is 0 Å². The van der Waals surface area contributed by atoms with Gasteiger partial charge in [-0.15, -0.1) is 11.3 Å². The zero-order valence-electron chi connectivity index (χ0n) is 8.36. The Labute approximate surface area is 108 Å². The predicted molar refractivity (Wildman–Crippen MR) is 69.4 cm³/mol. The molecule has 0 aliphatic rings. The molecular formula is C12H10Cl2OS. The maximum absolute atomic E-state index is 10.0. The quantitative estimate of drug-likeness (QED) is 0.882. The Balaban J connectivity index is 2.17. The van der Waals surface area contributed by atoms with E-state index in [0.717, 1.165) is 10.4 Å². The van der Waals surface area contributed by atoms with E-state index >= 15 is 0 Å². The highest BCUT2D eigenvalue weighted by molar-refractivity contribution is 7.09. The van der Waals surface area contributed by atoms with Gasteiger partial charge >= 0.3 is 0 Å². The molecule has 0 amide bonds. The highest BCUT2D eigenvalue weighted by atomic mass is 35.5. The molecule has 2 rings (SSSR count). The van der Waals surface area contributed by atoms with E-state index in [2.05, 4.69) is 0 Å². The molecule has 1 aromatic carbocycles. The average Bonchev–Trinajstić information content (AvgIpc) is 2.68. The molecule has 1 atom stereocenters. The minimum Gasteiger partial charge on any atom is -0.388 e. The first kappa shape index (κ1) is 11.9. The normalized spacial score (nSPS) is 12.7. The fourth-order valence-corrected chi connectivity index (χ4v) is 2.79. The summed E-state index contributed by atoms with van der Waals surface area (Å²) in [5, 5.41) is 13.1. The molecule has 1 N–H and O–H groups in total. The van der Waals surface area contributed by atoms with Gasteiger partial charge in [-0.25, -0.2) is 0 Å². The zero-order chi connectivity index (χ0) is 11.5. The fourth-order valence-electron chi connectivity index (χ4n) is 1.50. The summed E-state index contributed by atoms with van der Waals surface area (Å²) in [4.78, 5) is 1.14. The standard InChI is InChI=1S/C12H10Cl2OS/c13-9-4-8(5-10(14)6-9)12(15)7-11-2-1-3-16-11/h1-6,12,15H,7H2. The lowest BCUT2D eigenvalue weighted by Crippen LogP contribution is -2.00. The van der Waals surface area contributed by atoms with Crippen LogP contribution in [-0.2, 0) is 6.42 Å². The molecule has 0 fully saturated rings. The molecule has 1 heterocycles. The second kappa shape index (κ2) is 5.19. The highest BCUT2D eigenvalue weighted by Gasteiger charge is 2.10. The lowest BCUT2D eigenvalue weighted by Gasteiger charge is -2.10. The second-order valence-electron chi connectivity index (χ2n) is 3.50. The number of hydrogen-bond acceptors (Lipinski definition) is 2. The van der Waals surface area contributed by atoms with Gasteiger partial charge < -0.3 is 5.11 Å². The van der Waals surface area contributed by atoms with Crippen molar-refractivity contribution >= 4 is 34.5 Å². The number of hydrogen-bond donors (Lipinski definition) is 1. The van der Waals surface area contributed by atoms with Crippen LogP contribution in [0, 0.1) is 0 Å². The van der Waals surface area contributed by atoms with Gasteiger partial charge in [-0.2, -0.15) is 0 Å². The molecule has 0 aliphatic carbocycles. The van der Waals surface area contributed by atoms with Gasteiger partial charge in [-0.05, 0) is 35.2 Å². The van der Waals surface area contributed by atoms with Crippen LogP contribution in [0.4, 0.5) is 0 Å². The molecular weight excluding hydrogens is 263 g/mol. The van der Waals surface area contributed by atoms with Crippen LogP contribution in [0.25, 0.3) is 0 Å². The van der Waals surface area contributed by atoms with Gasteiger partial charge in [-0.3, -0.25) is 0 Å². The van der Waals surface area contributed by atoms with Gasteiger partial charge in [0.1, 0.15) is 0 Å². The van der Waals surface area contributed by atoms with Crippen LogP contribution in [0.5, 0.6) is 0 Å². The van der Waals surface area contributed by atoms with E-state index in [4.69, 9.17) is 23.2 Å². The fraction of sp³-hybridized carbons (Fsp3) is 0.167. The van der Waals surface area contributed by atoms with Crippen molar-refractivity contribution in [3.05, 3.63) is 56.2 Å². The molecule has 1 unspecified atom stereocenters. The third-order valence-electron chi connectivity index (χ3n) is 2.24. The molecule has 0 saturated carbocycles. The SMILES string of the molecule is OC(Cc1cccs1)c1cc(Cl)cc(Cl)c1. The van der Waals surface area contributed by atoms with Gasteiger partial charge in [0.15, 0.2) is 0 Å². The van der Waals surface area contributed by atoms with Gasteiger partial charge in [0.05, 0.1) is 6.10 Å². The highest BCUT2D eigenvalue weighted by Crippen LogP contribution is 2.26. The number of aliphatic hydroxyl groups excluding tert-OH is 1. The molecule has 0 bridgehead atoms. The maximum atomic E-state index is 10.0. The molecule has 1 nitrogen and oxygen atoms in total. The molecule has 16 heavy (non-hydrogen) atoms. The van der Waals surface area contributed by atoms with Crippen LogP contribution in [0.1, 0.15) is 16.5 Å². The summed E-state index contributed by atoms with van der Waals surface area (Å²) >= 11 is 13.4. The third-order valence-corrected chi connectivity index (χ3v) is 3.58. The first-order valence-electron chi connectivity index (χ1n) is 4.81. The Kier molecular flexibility index (Phi) is 3.87. The van der Waals surface area contributed by atoms with E-state index in [-0.39, 0.29) is 0 Å². The van der Waals surface area contributed by atoms with E-state index in [1.165, 1.54) is 0 Å². The Hall–Kier alpha value is -0.540. The second-order valence-corrected chi connectivity index (χ2v) is 5.41. The smallest absolute Gasteiger partial charge is 0.0839 e. The Morgan fingerprint density at radius 3 is 2.44 bits per heavy atom. The summed E-state index contributed by atoms with van der Waals surface area (Å²) in [6.07, 6.45) is 0.0313. The zero-order valence-corrected chi connectivity index (χ0v) is 10.7. The Bertz CT molecular complexity index is 448. The molecule has 1 aromatic heterocycles. The summed E-state index contributed by atoms with van der Waals surface area (Å²) in [6, 6.07) is 9.11. The lowest BCUT2D eigenvalue weighted by molar-refractivity contribution is 0.179. The summed E-state index contributed by atoms with van der Waals surface area (Å²) in [6.45, 7) is 0. The lowest BCUT2D eigenvalue weighted by atomic mass is 10.1. The largest absolute Gasteiger partial charge is 0.388 e. The van der Waals surface area contributed by atoms with Crippen molar-refractivity contribution in [2.75, 3.05) is 0 Å². The Morgan fingerprint density at radius 1 is 1.19 bits per heavy atom. The summed E-state index contributed by atoms with van der Waals surface area (Å²) in [5.41, 5.74) is 0.755. The first-order chi connectivity index (χ1) is 7.65. The van der Waals surface area contributed by atoms with Gasteiger partial charge in [0.2, 0.25) is 0 Å². The van der Waals surface area contributed by atoms with Crippen molar-refractivity contribution in [3.63, 3.8) is 0 Å². The number of benzene rings is 1. The van der Waals surface area contributed by atoms with Crippen LogP contribution in [0.2, 0.25) is 10.0 Å². The molecule has 0 radical (unpaired) electrons. The predicted octanol–water partition coefficient (Wildman–Crippen LogP) is 4.33. The number of thiophene rings is 1. The van der Waals surface area contributed by atoms with E-state index < -0.39 is 6.10 Å². The minimum atomic E-state index is -0.560. The van der Waals surface area contributed by atoms with Crippen molar-refractivity contribution in [3.8, 4) is 0 Å². The summed E-state index contributed by atoms with van der Waals surface area (Å²) in [5.74, 6) is 0. The maximum Gasteiger partial charge on any atom is 0.0839 e. The topological polar surface area (TPSA) is 20.2 Å². The van der Waals surface area contributed by atoms with E-state index in [9.17, 15) is 5.11 Å². The number of halogens is 2. The summed E-state index contributed by atoms with van der Waals surface area (Å²) in [7, 11) is 0. The summed E-state index contributed by atoms with van der Waals surface area (Å²) < 4.78 is 0. The van der Waals surface area contributed by atoms with Crippen LogP contribution in [-0.4, -0.2) is 5.11 Å². The van der Waals surface area contributed by atoms with Crippen LogP contribution < -0.4 is 0 Å². The number of rotatable bonds is 3. The molecule has 0 aliphatic heterocycles. The van der Waals surface area contributed by atoms with E-state index in [1.807, 2.05) is 17.5 Å². The van der Waals surface area contributed by atoms with E-state index in [1.54, 1.807) is 29.5 Å². The van der Waals surface area contributed by atoms with Gasteiger partial charge in [-0.1, -0.05) is 29.3 Å². The molecule has 0 spiro atoms. The van der Waals surface area contributed by atoms with Crippen molar-refractivity contribution in [2.24, 2.45) is 0 Å². The van der Waals surface area contributed by atoms with Crippen LogP contribution in [0.3, 0.4) is 0 Å². The van der Waals surface area contributed by atoms with Crippen LogP contribution >= 0.6 is 34.5 Å². The molecule has 2 aromatic rings.